The second-order valence-electron chi connectivity index (χ2n) is 8.65. The fourth-order valence-electron chi connectivity index (χ4n) is 4.40. The van der Waals surface area contributed by atoms with E-state index < -0.39 is 6.10 Å². The van der Waals surface area contributed by atoms with Crippen molar-refractivity contribution in [3.05, 3.63) is 58.5 Å². The van der Waals surface area contributed by atoms with E-state index in [-0.39, 0.29) is 29.9 Å². The molecule has 0 aliphatic carbocycles. The van der Waals surface area contributed by atoms with Crippen LogP contribution >= 0.6 is 0 Å². The molecule has 1 atom stereocenters. The van der Waals surface area contributed by atoms with Gasteiger partial charge in [-0.15, -0.1) is 0 Å². The normalized spacial score (nSPS) is 14.7. The molecule has 7 nitrogen and oxygen atoms in total. The minimum absolute atomic E-state index is 0.0399. The molecule has 4 rings (SSSR count). The van der Waals surface area contributed by atoms with Gasteiger partial charge in [-0.25, -0.2) is 4.39 Å². The highest BCUT2D eigenvalue weighted by Gasteiger charge is 2.24. The van der Waals surface area contributed by atoms with Crippen LogP contribution in [-0.4, -0.2) is 52.5 Å². The van der Waals surface area contributed by atoms with Crippen LogP contribution in [0.1, 0.15) is 41.0 Å². The fraction of sp³-hybridized carbons (Fsp3) is 0.360. The molecule has 0 radical (unpaired) electrons. The third-order valence-corrected chi connectivity index (χ3v) is 5.83. The number of carbonyl (C=O) groups excluding carboxylic acids is 2. The predicted octanol–water partition coefficient (Wildman–Crippen LogP) is 3.57. The first-order valence-corrected chi connectivity index (χ1v) is 11.0. The minimum atomic E-state index is -0.820. The van der Waals surface area contributed by atoms with E-state index in [9.17, 15) is 19.1 Å². The van der Waals surface area contributed by atoms with Gasteiger partial charge in [-0.1, -0.05) is 0 Å². The van der Waals surface area contributed by atoms with Crippen LogP contribution in [0.25, 0.3) is 10.9 Å². The number of rotatable bonds is 7. The van der Waals surface area contributed by atoms with E-state index in [1.165, 1.54) is 26.0 Å². The lowest BCUT2D eigenvalue weighted by Gasteiger charge is -2.29. The zero-order valence-electron chi connectivity index (χ0n) is 19.0. The summed E-state index contributed by atoms with van der Waals surface area (Å²) in [6.07, 6.45) is -0.0435. The van der Waals surface area contributed by atoms with Gasteiger partial charge in [-0.2, -0.15) is 0 Å². The van der Waals surface area contributed by atoms with Gasteiger partial charge >= 0.3 is 0 Å². The number of amides is 1. The van der Waals surface area contributed by atoms with Gasteiger partial charge in [0.2, 0.25) is 5.91 Å². The molecule has 174 valence electrons. The smallest absolute Gasteiger partial charge is 0.221 e. The number of nitrogens with one attached hydrogen (secondary N) is 2. The average molecular weight is 454 g/mol. The Bertz CT molecular complexity index is 1220. The second-order valence-corrected chi connectivity index (χ2v) is 8.65. The predicted molar refractivity (Wildman–Crippen MR) is 124 cm³/mol. The molecule has 1 aliphatic heterocycles. The summed E-state index contributed by atoms with van der Waals surface area (Å²) in [5.74, 6) is -0.482. The van der Waals surface area contributed by atoms with Crippen LogP contribution in [0.4, 0.5) is 10.1 Å². The number of halogens is 1. The van der Waals surface area contributed by atoms with E-state index in [1.807, 2.05) is 6.92 Å². The van der Waals surface area contributed by atoms with Crippen LogP contribution in [-0.2, 0) is 17.8 Å². The Morgan fingerprint density at radius 2 is 2.06 bits per heavy atom. The number of aromatic amines is 1. The number of fused-ring (bicyclic) bond motifs is 3. The number of aryl methyl sites for hydroxylation is 1. The van der Waals surface area contributed by atoms with Crippen molar-refractivity contribution in [3.8, 4) is 5.75 Å². The number of hydrogen-bond acceptors (Lipinski definition) is 5. The number of benzene rings is 2. The van der Waals surface area contributed by atoms with Crippen molar-refractivity contribution < 1.29 is 23.8 Å². The Labute approximate surface area is 191 Å². The Kier molecular flexibility index (Phi) is 6.49. The first kappa shape index (κ1) is 22.9. The zero-order chi connectivity index (χ0) is 23.7. The molecule has 1 aromatic heterocycles. The van der Waals surface area contributed by atoms with Gasteiger partial charge in [0.1, 0.15) is 18.5 Å². The van der Waals surface area contributed by atoms with Crippen LogP contribution in [0, 0.1) is 12.7 Å². The molecule has 0 saturated carbocycles. The van der Waals surface area contributed by atoms with Crippen LogP contribution < -0.4 is 10.1 Å². The maximum Gasteiger partial charge on any atom is 0.221 e. The quantitative estimate of drug-likeness (QED) is 0.476. The van der Waals surface area contributed by atoms with Crippen LogP contribution in [0.5, 0.6) is 5.75 Å². The van der Waals surface area contributed by atoms with E-state index in [2.05, 4.69) is 15.2 Å². The highest BCUT2D eigenvalue weighted by molar-refractivity contribution is 6.01. The molecule has 0 spiro atoms. The maximum atomic E-state index is 13.7. The molecule has 0 saturated heterocycles. The summed E-state index contributed by atoms with van der Waals surface area (Å²) in [5.41, 5.74) is 4.64. The number of H-pyrrole nitrogens is 1. The molecule has 1 unspecified atom stereocenters. The Morgan fingerprint density at radius 1 is 1.27 bits per heavy atom. The Balaban J connectivity index is 1.46. The molecule has 33 heavy (non-hydrogen) atoms. The molecule has 3 aromatic rings. The summed E-state index contributed by atoms with van der Waals surface area (Å²) in [6, 6.07) is 8.17. The van der Waals surface area contributed by atoms with E-state index in [0.29, 0.717) is 24.3 Å². The fourth-order valence-corrected chi connectivity index (χ4v) is 4.40. The van der Waals surface area contributed by atoms with Crippen molar-refractivity contribution >= 4 is 28.3 Å². The van der Waals surface area contributed by atoms with E-state index >= 15 is 0 Å². The summed E-state index contributed by atoms with van der Waals surface area (Å²) in [5, 5.41) is 14.2. The largest absolute Gasteiger partial charge is 0.488 e. The molecular formula is C25H28FN3O4. The number of aliphatic hydroxyl groups excluding tert-OH is 1. The number of hydrogen-bond donors (Lipinski definition) is 3. The van der Waals surface area contributed by atoms with E-state index in [0.717, 1.165) is 40.7 Å². The SMILES string of the molecule is CC(=O)Nc1cc(C)cc(C(C)=O)c1OCC(O)CN1CCc2[nH]c3ccc(F)cc3c2C1. The summed E-state index contributed by atoms with van der Waals surface area (Å²) in [7, 11) is 0. The van der Waals surface area contributed by atoms with Crippen LogP contribution in [0.15, 0.2) is 30.3 Å². The molecule has 0 bridgehead atoms. The third-order valence-electron chi connectivity index (χ3n) is 5.83. The van der Waals surface area contributed by atoms with Crippen LogP contribution in [0.3, 0.4) is 0 Å². The topological polar surface area (TPSA) is 94.7 Å². The first-order valence-electron chi connectivity index (χ1n) is 11.0. The molecule has 0 fully saturated rings. The third kappa shape index (κ3) is 5.07. The van der Waals surface area contributed by atoms with Gasteiger partial charge in [0.15, 0.2) is 11.5 Å². The van der Waals surface area contributed by atoms with Crippen molar-refractivity contribution in [2.75, 3.05) is 25.0 Å². The summed E-state index contributed by atoms with van der Waals surface area (Å²) >= 11 is 0. The molecule has 1 amide bonds. The number of anilines is 1. The number of aromatic nitrogens is 1. The van der Waals surface area contributed by atoms with Gasteiger partial charge < -0.3 is 20.1 Å². The second kappa shape index (κ2) is 9.33. The Hall–Kier alpha value is -3.23. The molecular weight excluding hydrogens is 425 g/mol. The van der Waals surface area contributed by atoms with Crippen LogP contribution in [0.2, 0.25) is 0 Å². The number of carbonyl (C=O) groups is 2. The lowest BCUT2D eigenvalue weighted by molar-refractivity contribution is -0.114. The zero-order valence-corrected chi connectivity index (χ0v) is 19.0. The summed E-state index contributed by atoms with van der Waals surface area (Å²) < 4.78 is 19.6. The average Bonchev–Trinajstić information content (AvgIpc) is 3.09. The number of Topliss-reactive ketones (excluding diaryl/α,β-unsaturated/α-hetero) is 1. The molecule has 1 aliphatic rings. The number of ether oxygens (including phenoxy) is 1. The van der Waals surface area contributed by atoms with E-state index in [4.69, 9.17) is 4.74 Å². The molecule has 2 heterocycles. The lowest BCUT2D eigenvalue weighted by Crippen LogP contribution is -2.38. The highest BCUT2D eigenvalue weighted by atomic mass is 19.1. The van der Waals surface area contributed by atoms with E-state index in [1.54, 1.807) is 18.2 Å². The summed E-state index contributed by atoms with van der Waals surface area (Å²) in [4.78, 5) is 29.2. The number of aliphatic hydroxyl groups is 1. The van der Waals surface area contributed by atoms with Gasteiger partial charge in [0.05, 0.1) is 11.3 Å². The van der Waals surface area contributed by atoms with Gasteiger partial charge in [0, 0.05) is 49.6 Å². The number of ketones is 1. The molecule has 2 aromatic carbocycles. The van der Waals surface area contributed by atoms with Gasteiger partial charge in [-0.05, 0) is 55.3 Å². The van der Waals surface area contributed by atoms with Crippen molar-refractivity contribution in [2.24, 2.45) is 0 Å². The summed E-state index contributed by atoms with van der Waals surface area (Å²) in [6.45, 7) is 6.31. The molecule has 3 N–H and O–H groups in total. The van der Waals surface area contributed by atoms with Crippen molar-refractivity contribution in [1.29, 1.82) is 0 Å². The highest BCUT2D eigenvalue weighted by Crippen LogP contribution is 2.32. The number of nitrogens with zero attached hydrogens (tertiary/aromatic N) is 1. The van der Waals surface area contributed by atoms with Gasteiger partial charge in [-0.3, -0.25) is 14.5 Å². The van der Waals surface area contributed by atoms with Crippen molar-refractivity contribution in [2.45, 2.75) is 39.8 Å². The van der Waals surface area contributed by atoms with Crippen molar-refractivity contribution in [1.82, 2.24) is 9.88 Å². The van der Waals surface area contributed by atoms with Gasteiger partial charge in [0.25, 0.3) is 0 Å². The Morgan fingerprint density at radius 3 is 2.79 bits per heavy atom. The lowest BCUT2D eigenvalue weighted by atomic mass is 10.0. The van der Waals surface area contributed by atoms with Crippen molar-refractivity contribution in [3.63, 3.8) is 0 Å². The monoisotopic (exact) mass is 453 g/mol. The maximum absolute atomic E-state index is 13.7. The first-order chi connectivity index (χ1) is 15.7. The number of β-amino-alcohol motifs (C(OH)–C–C–N with tert-alkyl or cyclic N) is 1. The minimum Gasteiger partial charge on any atom is -0.488 e. The standard InChI is InChI=1S/C25H28FN3O4/c1-14-8-19(15(2)30)25(24(9-14)27-16(3)31)33-13-18(32)11-29-7-6-23-21(12-29)20-10-17(26)4-5-22(20)28-23/h4-5,8-10,18,28,32H,6-7,11-13H2,1-3H3,(H,27,31). The molecule has 8 heteroatoms.